The summed E-state index contributed by atoms with van der Waals surface area (Å²) >= 11 is 0. The second-order valence-electron chi connectivity index (χ2n) is 7.19. The molecule has 2 aromatic rings. The number of rotatable bonds is 12. The molecule has 8 heteroatoms. The lowest BCUT2D eigenvalue weighted by molar-refractivity contribution is -0.384. The Bertz CT molecular complexity index is 852. The second kappa shape index (κ2) is 12.4. The largest absolute Gasteiger partial charge is 0.469 e. The maximum atomic E-state index is 12.6. The van der Waals surface area contributed by atoms with Crippen molar-refractivity contribution in [2.24, 2.45) is 5.92 Å². The van der Waals surface area contributed by atoms with Gasteiger partial charge in [-0.25, -0.2) is 4.79 Å². The van der Waals surface area contributed by atoms with Crippen molar-refractivity contribution in [1.82, 2.24) is 0 Å². The molecule has 0 spiro atoms. The van der Waals surface area contributed by atoms with Gasteiger partial charge in [-0.2, -0.15) is 0 Å². The van der Waals surface area contributed by atoms with Gasteiger partial charge in [0.25, 0.3) is 5.69 Å². The van der Waals surface area contributed by atoms with Crippen molar-refractivity contribution in [3.63, 3.8) is 0 Å². The van der Waals surface area contributed by atoms with E-state index in [1.807, 2.05) is 37.3 Å². The zero-order chi connectivity index (χ0) is 22.6. The molecule has 2 atom stereocenters. The molecule has 31 heavy (non-hydrogen) atoms. The topological polar surface area (TPSA) is 105 Å². The van der Waals surface area contributed by atoms with E-state index >= 15 is 0 Å². The van der Waals surface area contributed by atoms with Crippen LogP contribution in [0.4, 0.5) is 5.69 Å². The van der Waals surface area contributed by atoms with Crippen molar-refractivity contribution in [2.75, 3.05) is 13.7 Å². The number of non-ortho nitro benzene ring substituents is 1. The number of ether oxygens (including phenoxy) is 3. The third kappa shape index (κ3) is 8.18. The number of nitrogens with zero attached hydrogens (tertiary/aromatic N) is 1. The van der Waals surface area contributed by atoms with Crippen LogP contribution in [0.1, 0.15) is 42.1 Å². The summed E-state index contributed by atoms with van der Waals surface area (Å²) in [5, 5.41) is 10.8. The van der Waals surface area contributed by atoms with Crippen LogP contribution >= 0.6 is 0 Å². The van der Waals surface area contributed by atoms with Gasteiger partial charge in [-0.05, 0) is 30.5 Å². The summed E-state index contributed by atoms with van der Waals surface area (Å²) in [7, 11) is 1.33. The Morgan fingerprint density at radius 3 is 2.35 bits per heavy atom. The zero-order valence-electron chi connectivity index (χ0n) is 17.7. The summed E-state index contributed by atoms with van der Waals surface area (Å²) < 4.78 is 16.1. The summed E-state index contributed by atoms with van der Waals surface area (Å²) in [5.74, 6) is -1.02. The zero-order valence-corrected chi connectivity index (χ0v) is 17.7. The molecule has 0 amide bonds. The molecule has 8 nitrogen and oxygen atoms in total. The van der Waals surface area contributed by atoms with E-state index in [1.54, 1.807) is 0 Å². The van der Waals surface area contributed by atoms with E-state index in [1.165, 1.54) is 31.4 Å². The first kappa shape index (κ1) is 24.0. The maximum absolute atomic E-state index is 12.6. The van der Waals surface area contributed by atoms with Crippen molar-refractivity contribution in [3.05, 3.63) is 75.8 Å². The highest BCUT2D eigenvalue weighted by Crippen LogP contribution is 2.20. The average molecular weight is 429 g/mol. The van der Waals surface area contributed by atoms with E-state index in [2.05, 4.69) is 4.74 Å². The maximum Gasteiger partial charge on any atom is 0.338 e. The standard InChI is InChI=1S/C23H27NO7/c1-17(15-30-16-18-7-4-3-5-8-18)21(9-6-10-22(25)29-2)31-23(26)19-11-13-20(14-12-19)24(27)28/h3-5,7-8,11-14,17,21H,6,9-10,15-16H2,1-2H3/t17-,21-/m0/s1. The third-order valence-electron chi connectivity index (χ3n) is 4.80. The highest BCUT2D eigenvalue weighted by molar-refractivity contribution is 5.89. The molecule has 2 rings (SSSR count). The fourth-order valence-corrected chi connectivity index (χ4v) is 2.98. The van der Waals surface area contributed by atoms with Gasteiger partial charge in [0.2, 0.25) is 0 Å². The van der Waals surface area contributed by atoms with Crippen molar-refractivity contribution in [1.29, 1.82) is 0 Å². The number of esters is 2. The lowest BCUT2D eigenvalue weighted by Crippen LogP contribution is -2.29. The molecule has 0 aliphatic rings. The minimum absolute atomic E-state index is 0.103. The van der Waals surface area contributed by atoms with Crippen LogP contribution in [0.3, 0.4) is 0 Å². The Morgan fingerprint density at radius 2 is 1.74 bits per heavy atom. The highest BCUT2D eigenvalue weighted by Gasteiger charge is 2.23. The molecule has 0 unspecified atom stereocenters. The molecule has 0 aliphatic carbocycles. The number of hydrogen-bond donors (Lipinski definition) is 0. The number of hydrogen-bond acceptors (Lipinski definition) is 7. The second-order valence-corrected chi connectivity index (χ2v) is 7.19. The van der Waals surface area contributed by atoms with Crippen LogP contribution in [-0.2, 0) is 25.6 Å². The number of benzene rings is 2. The van der Waals surface area contributed by atoms with Gasteiger partial charge >= 0.3 is 11.9 Å². The van der Waals surface area contributed by atoms with E-state index in [-0.39, 0.29) is 29.6 Å². The molecule has 0 bridgehead atoms. The minimum atomic E-state index is -0.576. The fraction of sp³-hybridized carbons (Fsp3) is 0.391. The number of carbonyl (C=O) groups excluding carboxylic acids is 2. The predicted molar refractivity (Wildman–Crippen MR) is 113 cm³/mol. The van der Waals surface area contributed by atoms with Gasteiger partial charge < -0.3 is 14.2 Å². The molecule has 0 saturated carbocycles. The van der Waals surface area contributed by atoms with Gasteiger partial charge in [-0.15, -0.1) is 0 Å². The van der Waals surface area contributed by atoms with Crippen LogP contribution in [-0.4, -0.2) is 36.7 Å². The number of nitro groups is 1. The quantitative estimate of drug-likeness (QED) is 0.281. The van der Waals surface area contributed by atoms with Crippen LogP contribution in [0.5, 0.6) is 0 Å². The summed E-state index contributed by atoms with van der Waals surface area (Å²) in [5.41, 5.74) is 1.16. The number of nitro benzene ring substituents is 1. The predicted octanol–water partition coefficient (Wildman–Crippen LogP) is 4.32. The molecule has 0 fully saturated rings. The van der Waals surface area contributed by atoms with Crippen LogP contribution in [0.2, 0.25) is 0 Å². The van der Waals surface area contributed by atoms with Gasteiger partial charge in [0.05, 0.1) is 30.8 Å². The van der Waals surface area contributed by atoms with E-state index in [0.29, 0.717) is 26.1 Å². The van der Waals surface area contributed by atoms with Crippen molar-refractivity contribution < 1.29 is 28.7 Å². The molecular weight excluding hydrogens is 402 g/mol. The molecule has 0 heterocycles. The van der Waals surface area contributed by atoms with Crippen LogP contribution in [0, 0.1) is 16.0 Å². The van der Waals surface area contributed by atoms with Gasteiger partial charge in [-0.1, -0.05) is 37.3 Å². The Morgan fingerprint density at radius 1 is 1.06 bits per heavy atom. The third-order valence-corrected chi connectivity index (χ3v) is 4.80. The Kier molecular flexibility index (Phi) is 9.64. The monoisotopic (exact) mass is 429 g/mol. The number of methoxy groups -OCH3 is 1. The van der Waals surface area contributed by atoms with Gasteiger partial charge in [0.1, 0.15) is 6.10 Å². The molecule has 0 saturated heterocycles. The molecule has 166 valence electrons. The summed E-state index contributed by atoms with van der Waals surface area (Å²) in [6, 6.07) is 15.0. The summed E-state index contributed by atoms with van der Waals surface area (Å²) in [6.45, 7) is 2.72. The molecule has 0 aromatic heterocycles. The summed E-state index contributed by atoms with van der Waals surface area (Å²) in [6.07, 6.45) is 0.695. The molecule has 0 radical (unpaired) electrons. The molecule has 0 N–H and O–H groups in total. The first-order valence-corrected chi connectivity index (χ1v) is 10.0. The highest BCUT2D eigenvalue weighted by atomic mass is 16.6. The number of carbonyl (C=O) groups is 2. The smallest absolute Gasteiger partial charge is 0.338 e. The Hall–Kier alpha value is -3.26. The SMILES string of the molecule is COC(=O)CCC[C@H](OC(=O)c1ccc([N+](=O)[O-])cc1)[C@@H](C)COCc1ccccc1. The van der Waals surface area contributed by atoms with Crippen molar-refractivity contribution >= 4 is 17.6 Å². The first-order chi connectivity index (χ1) is 14.9. The Balaban J connectivity index is 1.97. The lowest BCUT2D eigenvalue weighted by Gasteiger charge is -2.24. The van der Waals surface area contributed by atoms with Gasteiger partial charge in [0, 0.05) is 24.5 Å². The molecule has 0 aliphatic heterocycles. The first-order valence-electron chi connectivity index (χ1n) is 10.0. The van der Waals surface area contributed by atoms with E-state index in [0.717, 1.165) is 5.56 Å². The minimum Gasteiger partial charge on any atom is -0.469 e. The van der Waals surface area contributed by atoms with Crippen LogP contribution < -0.4 is 0 Å². The summed E-state index contributed by atoms with van der Waals surface area (Å²) in [4.78, 5) is 34.2. The van der Waals surface area contributed by atoms with Crippen molar-refractivity contribution in [2.45, 2.75) is 38.9 Å². The molecular formula is C23H27NO7. The van der Waals surface area contributed by atoms with Crippen molar-refractivity contribution in [3.8, 4) is 0 Å². The Labute approximate surface area is 181 Å². The van der Waals surface area contributed by atoms with Gasteiger partial charge in [0.15, 0.2) is 0 Å². The van der Waals surface area contributed by atoms with E-state index in [9.17, 15) is 19.7 Å². The van der Waals surface area contributed by atoms with Crippen LogP contribution in [0.15, 0.2) is 54.6 Å². The van der Waals surface area contributed by atoms with Gasteiger partial charge in [-0.3, -0.25) is 14.9 Å². The normalized spacial score (nSPS) is 12.6. The van der Waals surface area contributed by atoms with Crippen LogP contribution in [0.25, 0.3) is 0 Å². The average Bonchev–Trinajstić information content (AvgIpc) is 2.78. The van der Waals surface area contributed by atoms with E-state index in [4.69, 9.17) is 9.47 Å². The molecule has 2 aromatic carbocycles. The van der Waals surface area contributed by atoms with E-state index < -0.39 is 17.0 Å². The lowest BCUT2D eigenvalue weighted by atomic mass is 9.99. The fourth-order valence-electron chi connectivity index (χ4n) is 2.98.